The van der Waals surface area contributed by atoms with Gasteiger partial charge in [-0.2, -0.15) is 0 Å². The first kappa shape index (κ1) is 10.8. The molecule has 0 aliphatic rings. The number of rotatable bonds is 3. The topological polar surface area (TPSA) is 40.5 Å². The number of hydrogen-bond acceptors (Lipinski definition) is 2. The monoisotopic (exact) mass is 221 g/mol. The fraction of sp³-hybridized carbons (Fsp3) is 1.00. The van der Waals surface area contributed by atoms with Gasteiger partial charge in [-0.15, -0.1) is 0 Å². The van der Waals surface area contributed by atoms with E-state index in [1.165, 1.54) is 24.7 Å². The summed E-state index contributed by atoms with van der Waals surface area (Å²) in [5, 5.41) is 18.9. The Bertz CT molecular complexity index is 105. The molecular weight excluding hydrogens is 207 g/mol. The van der Waals surface area contributed by atoms with Crippen LogP contribution in [0, 0.1) is 0 Å². The van der Waals surface area contributed by atoms with E-state index in [1.807, 2.05) is 0 Å². The van der Waals surface area contributed by atoms with E-state index < -0.39 is 11.2 Å². The summed E-state index contributed by atoms with van der Waals surface area (Å²) in [7, 11) is 0. The second-order valence-electron chi connectivity index (χ2n) is 3.66. The van der Waals surface area contributed by atoms with Gasteiger partial charge in [0.25, 0.3) is 0 Å². The second-order valence-corrected chi connectivity index (χ2v) is 4.53. The van der Waals surface area contributed by atoms with Gasteiger partial charge in [-0.1, -0.05) is 0 Å². The van der Waals surface area contributed by atoms with E-state index >= 15 is 0 Å². The molecule has 0 aliphatic heterocycles. The van der Waals surface area contributed by atoms with Gasteiger partial charge in [0.05, 0.1) is 0 Å². The molecule has 1 atom stereocenters. The third-order valence-corrected chi connectivity index (χ3v) is 3.07. The molecule has 2 nitrogen and oxygen atoms in total. The van der Waals surface area contributed by atoms with Gasteiger partial charge in [0.15, 0.2) is 0 Å². The van der Waals surface area contributed by atoms with Crippen LogP contribution in [0.15, 0.2) is 0 Å². The SMILES string of the molecule is CC(C)(O)CC(C)(O)[CH2][Zr]. The maximum atomic E-state index is 9.52. The van der Waals surface area contributed by atoms with E-state index in [4.69, 9.17) is 0 Å². The molecule has 0 aromatic rings. The molecule has 3 heteroatoms. The second kappa shape index (κ2) is 3.47. The van der Waals surface area contributed by atoms with Crippen LogP contribution >= 0.6 is 0 Å². The van der Waals surface area contributed by atoms with Crippen LogP contribution < -0.4 is 0 Å². The molecule has 0 aliphatic carbocycles. The van der Waals surface area contributed by atoms with Crippen LogP contribution in [0.4, 0.5) is 0 Å². The van der Waals surface area contributed by atoms with E-state index in [0.717, 1.165) is 4.13 Å². The summed E-state index contributed by atoms with van der Waals surface area (Å²) in [5.74, 6) is 0. The van der Waals surface area contributed by atoms with Crippen molar-refractivity contribution in [2.24, 2.45) is 0 Å². The van der Waals surface area contributed by atoms with Crippen molar-refractivity contribution in [3.05, 3.63) is 0 Å². The van der Waals surface area contributed by atoms with Crippen molar-refractivity contribution in [1.82, 2.24) is 0 Å². The van der Waals surface area contributed by atoms with Gasteiger partial charge in [0.2, 0.25) is 0 Å². The molecule has 2 N–H and O–H groups in total. The number of aliphatic hydroxyl groups is 2. The first-order valence-electron chi connectivity index (χ1n) is 3.36. The molecule has 10 heavy (non-hydrogen) atoms. The number of hydrogen-bond donors (Lipinski definition) is 2. The normalized spacial score (nSPS) is 18.4. The van der Waals surface area contributed by atoms with E-state index in [-0.39, 0.29) is 0 Å². The van der Waals surface area contributed by atoms with Crippen molar-refractivity contribution >= 4 is 0 Å². The van der Waals surface area contributed by atoms with Crippen LogP contribution in [-0.2, 0) is 24.7 Å². The fourth-order valence-electron chi connectivity index (χ4n) is 0.994. The third kappa shape index (κ3) is 5.58. The molecule has 0 aromatic heterocycles. The Morgan fingerprint density at radius 2 is 1.60 bits per heavy atom. The van der Waals surface area contributed by atoms with Crippen molar-refractivity contribution in [1.29, 1.82) is 0 Å². The Hall–Kier alpha value is 0.803. The average molecular weight is 222 g/mol. The van der Waals surface area contributed by atoms with Crippen molar-refractivity contribution in [2.75, 3.05) is 0 Å². The van der Waals surface area contributed by atoms with Gasteiger partial charge in [0.1, 0.15) is 0 Å². The van der Waals surface area contributed by atoms with E-state index in [2.05, 4.69) is 0 Å². The van der Waals surface area contributed by atoms with Crippen molar-refractivity contribution < 1.29 is 34.9 Å². The molecule has 0 aromatic carbocycles. The van der Waals surface area contributed by atoms with Crippen LogP contribution in [0.2, 0.25) is 4.13 Å². The van der Waals surface area contributed by atoms with E-state index in [9.17, 15) is 10.2 Å². The summed E-state index contributed by atoms with van der Waals surface area (Å²) in [6.45, 7) is 5.19. The zero-order chi connectivity index (χ0) is 8.41. The minimum atomic E-state index is -0.750. The first-order chi connectivity index (χ1) is 4.27. The molecule has 0 bridgehead atoms. The Morgan fingerprint density at radius 1 is 1.20 bits per heavy atom. The van der Waals surface area contributed by atoms with Crippen LogP contribution in [0.5, 0.6) is 0 Å². The summed E-state index contributed by atoms with van der Waals surface area (Å²) in [4.78, 5) is 0. The predicted molar refractivity (Wildman–Crippen MR) is 36.3 cm³/mol. The zero-order valence-corrected chi connectivity index (χ0v) is 9.27. The van der Waals surface area contributed by atoms with Gasteiger partial charge in [0, 0.05) is 0 Å². The minimum absolute atomic E-state index is 0.450. The molecule has 0 saturated carbocycles. The van der Waals surface area contributed by atoms with Crippen LogP contribution in [0.3, 0.4) is 0 Å². The van der Waals surface area contributed by atoms with Gasteiger partial charge < -0.3 is 0 Å². The molecule has 0 spiro atoms. The van der Waals surface area contributed by atoms with Crippen molar-refractivity contribution in [3.63, 3.8) is 0 Å². The Labute approximate surface area is 77.5 Å². The molecule has 0 rings (SSSR count). The van der Waals surface area contributed by atoms with Crippen molar-refractivity contribution in [3.8, 4) is 0 Å². The summed E-state index contributed by atoms with van der Waals surface area (Å²) in [5.41, 5.74) is -1.43. The third-order valence-electron chi connectivity index (χ3n) is 1.19. The Kier molecular flexibility index (Phi) is 3.75. The Morgan fingerprint density at radius 3 is 1.70 bits per heavy atom. The molecule has 0 radical (unpaired) electrons. The average Bonchev–Trinajstić information content (AvgIpc) is 1.60. The summed E-state index contributed by atoms with van der Waals surface area (Å²) < 4.78 is 0.768. The molecule has 0 saturated heterocycles. The standard InChI is InChI=1S/C7H15O2.Zr/c1-6(2,8)5-7(3,4)9;/h8-9H,1,5H2,2-4H3;. The van der Waals surface area contributed by atoms with Crippen LogP contribution in [0.1, 0.15) is 27.2 Å². The first-order valence-corrected chi connectivity index (χ1v) is 5.10. The van der Waals surface area contributed by atoms with E-state index in [0.29, 0.717) is 6.42 Å². The molecular formula is C7H15O2Zr. The maximum absolute atomic E-state index is 9.52. The van der Waals surface area contributed by atoms with Crippen molar-refractivity contribution in [2.45, 2.75) is 42.5 Å². The summed E-state index contributed by atoms with van der Waals surface area (Å²) >= 11 is 1.31. The summed E-state index contributed by atoms with van der Waals surface area (Å²) in [6, 6.07) is 0. The van der Waals surface area contributed by atoms with Crippen LogP contribution in [-0.4, -0.2) is 21.4 Å². The van der Waals surface area contributed by atoms with Crippen LogP contribution in [0.25, 0.3) is 0 Å². The van der Waals surface area contributed by atoms with E-state index in [1.54, 1.807) is 20.8 Å². The van der Waals surface area contributed by atoms with Gasteiger partial charge in [-0.3, -0.25) is 0 Å². The van der Waals surface area contributed by atoms with Gasteiger partial charge in [-0.05, 0) is 0 Å². The quantitative estimate of drug-likeness (QED) is 0.744. The summed E-state index contributed by atoms with van der Waals surface area (Å²) in [6.07, 6.45) is 0.450. The fourth-order valence-corrected chi connectivity index (χ4v) is 1.30. The molecule has 0 heterocycles. The Balaban J connectivity index is 3.89. The van der Waals surface area contributed by atoms with Gasteiger partial charge >= 0.3 is 77.5 Å². The molecule has 59 valence electrons. The predicted octanol–water partition coefficient (Wildman–Crippen LogP) is 0.863. The van der Waals surface area contributed by atoms with Gasteiger partial charge in [-0.25, -0.2) is 0 Å². The molecule has 1 unspecified atom stereocenters. The zero-order valence-electron chi connectivity index (χ0n) is 6.81. The molecule has 0 amide bonds. The molecule has 0 fully saturated rings.